The van der Waals surface area contributed by atoms with Gasteiger partial charge in [0.25, 0.3) is 0 Å². The van der Waals surface area contributed by atoms with Gasteiger partial charge in [-0.25, -0.2) is 4.39 Å². The third-order valence-electron chi connectivity index (χ3n) is 4.19. The van der Waals surface area contributed by atoms with Crippen molar-refractivity contribution in [2.45, 2.75) is 31.4 Å². The summed E-state index contributed by atoms with van der Waals surface area (Å²) in [5.41, 5.74) is 7.33. The van der Waals surface area contributed by atoms with Gasteiger partial charge in [0, 0.05) is 28.6 Å². The summed E-state index contributed by atoms with van der Waals surface area (Å²) in [6.07, 6.45) is 5.82. The van der Waals surface area contributed by atoms with Crippen LogP contribution in [0.15, 0.2) is 24.4 Å². The van der Waals surface area contributed by atoms with Crippen molar-refractivity contribution >= 4 is 34.0 Å². The molecule has 0 radical (unpaired) electrons. The number of anilines is 2. The molecule has 114 valence electrons. The number of halogens is 1. The number of nitrogen functional groups attached to an aromatic ring is 1. The summed E-state index contributed by atoms with van der Waals surface area (Å²) in [5.74, 6) is -0.346. The average molecular weight is 307 g/mol. The van der Waals surface area contributed by atoms with Crippen molar-refractivity contribution < 1.29 is 4.39 Å². The van der Waals surface area contributed by atoms with Gasteiger partial charge in [-0.2, -0.15) is 11.8 Å². The standard InChI is InChI=1S/C16H22FN3S/c1-4-16(5-2,21-3)10-20-15-12(17)9-13(18)11-7-6-8-19-14(11)15/h6-9,20H,4-5,10,18H2,1-3H3. The first-order valence-corrected chi connectivity index (χ1v) is 8.41. The van der Waals surface area contributed by atoms with Gasteiger partial charge < -0.3 is 11.1 Å². The van der Waals surface area contributed by atoms with Crippen LogP contribution in [0.2, 0.25) is 0 Å². The predicted octanol–water partition coefficient (Wildman–Crippen LogP) is 4.29. The minimum Gasteiger partial charge on any atom is -0.398 e. The summed E-state index contributed by atoms with van der Waals surface area (Å²) < 4.78 is 14.4. The second-order valence-corrected chi connectivity index (χ2v) is 6.44. The summed E-state index contributed by atoms with van der Waals surface area (Å²) in [7, 11) is 0. The monoisotopic (exact) mass is 307 g/mol. The highest BCUT2D eigenvalue weighted by Gasteiger charge is 2.25. The normalized spacial score (nSPS) is 11.8. The molecule has 2 aromatic rings. The van der Waals surface area contributed by atoms with E-state index >= 15 is 0 Å². The minimum atomic E-state index is -0.346. The molecule has 21 heavy (non-hydrogen) atoms. The zero-order chi connectivity index (χ0) is 15.5. The van der Waals surface area contributed by atoms with Crippen LogP contribution in [0, 0.1) is 5.82 Å². The second-order valence-electron chi connectivity index (χ2n) is 5.17. The Morgan fingerprint density at radius 1 is 1.38 bits per heavy atom. The van der Waals surface area contributed by atoms with Crippen LogP contribution < -0.4 is 11.1 Å². The maximum Gasteiger partial charge on any atom is 0.150 e. The van der Waals surface area contributed by atoms with Gasteiger partial charge in [-0.3, -0.25) is 4.98 Å². The minimum absolute atomic E-state index is 0.106. The number of fused-ring (bicyclic) bond motifs is 1. The molecule has 0 spiro atoms. The fourth-order valence-electron chi connectivity index (χ4n) is 2.52. The van der Waals surface area contributed by atoms with E-state index in [0.717, 1.165) is 18.2 Å². The lowest BCUT2D eigenvalue weighted by atomic mass is 10.0. The number of rotatable bonds is 6. The molecule has 3 nitrogen and oxygen atoms in total. The van der Waals surface area contributed by atoms with E-state index in [4.69, 9.17) is 5.73 Å². The van der Waals surface area contributed by atoms with Gasteiger partial charge >= 0.3 is 0 Å². The van der Waals surface area contributed by atoms with Gasteiger partial charge in [-0.1, -0.05) is 13.8 Å². The largest absolute Gasteiger partial charge is 0.398 e. The van der Waals surface area contributed by atoms with Crippen molar-refractivity contribution in [3.63, 3.8) is 0 Å². The lowest BCUT2D eigenvalue weighted by Gasteiger charge is -2.30. The fraction of sp³-hybridized carbons (Fsp3) is 0.438. The third kappa shape index (κ3) is 3.07. The van der Waals surface area contributed by atoms with Crippen molar-refractivity contribution in [1.29, 1.82) is 0 Å². The van der Waals surface area contributed by atoms with Crippen LogP contribution in [0.5, 0.6) is 0 Å². The van der Waals surface area contributed by atoms with Gasteiger partial charge in [-0.05, 0) is 37.3 Å². The summed E-state index contributed by atoms with van der Waals surface area (Å²) in [6, 6.07) is 5.04. The maximum absolute atomic E-state index is 14.3. The van der Waals surface area contributed by atoms with E-state index in [2.05, 4.69) is 30.4 Å². The molecule has 2 rings (SSSR count). The molecule has 0 aliphatic rings. The Morgan fingerprint density at radius 3 is 2.71 bits per heavy atom. The zero-order valence-electron chi connectivity index (χ0n) is 12.7. The Balaban J connectivity index is 2.39. The quantitative estimate of drug-likeness (QED) is 0.782. The molecule has 1 aromatic heterocycles. The Bertz CT molecular complexity index is 618. The summed E-state index contributed by atoms with van der Waals surface area (Å²) >= 11 is 1.82. The Labute approximate surface area is 129 Å². The number of hydrogen-bond acceptors (Lipinski definition) is 4. The zero-order valence-corrected chi connectivity index (χ0v) is 13.6. The van der Waals surface area contributed by atoms with Gasteiger partial charge in [0.05, 0.1) is 11.2 Å². The molecule has 1 aromatic carbocycles. The molecule has 1 heterocycles. The molecule has 0 aliphatic heterocycles. The number of hydrogen-bond donors (Lipinski definition) is 2. The molecular formula is C16H22FN3S. The summed E-state index contributed by atoms with van der Waals surface area (Å²) in [6.45, 7) is 5.03. The number of nitrogens with zero attached hydrogens (tertiary/aromatic N) is 1. The maximum atomic E-state index is 14.3. The van der Waals surface area contributed by atoms with E-state index in [1.54, 1.807) is 6.20 Å². The van der Waals surface area contributed by atoms with Crippen LogP contribution in [0.4, 0.5) is 15.8 Å². The lowest BCUT2D eigenvalue weighted by molar-refractivity contribution is 0.570. The number of pyridine rings is 1. The van der Waals surface area contributed by atoms with Crippen LogP contribution in [-0.4, -0.2) is 22.5 Å². The van der Waals surface area contributed by atoms with E-state index in [1.807, 2.05) is 23.9 Å². The van der Waals surface area contributed by atoms with Crippen LogP contribution in [0.1, 0.15) is 26.7 Å². The average Bonchev–Trinajstić information content (AvgIpc) is 2.51. The topological polar surface area (TPSA) is 50.9 Å². The lowest BCUT2D eigenvalue weighted by Crippen LogP contribution is -2.32. The molecule has 0 saturated carbocycles. The van der Waals surface area contributed by atoms with Gasteiger partial charge in [0.2, 0.25) is 0 Å². The molecule has 0 atom stereocenters. The highest BCUT2D eigenvalue weighted by Crippen LogP contribution is 2.34. The first-order valence-electron chi connectivity index (χ1n) is 7.18. The number of nitrogens with one attached hydrogen (secondary N) is 1. The predicted molar refractivity (Wildman–Crippen MR) is 91.4 cm³/mol. The molecule has 0 aliphatic carbocycles. The second kappa shape index (κ2) is 6.52. The SMILES string of the molecule is CCC(CC)(CNc1c(F)cc(N)c2cccnc12)SC. The van der Waals surface area contributed by atoms with Crippen LogP contribution >= 0.6 is 11.8 Å². The van der Waals surface area contributed by atoms with Crippen LogP contribution in [0.3, 0.4) is 0 Å². The number of benzene rings is 1. The Kier molecular flexibility index (Phi) is 4.93. The third-order valence-corrected chi connectivity index (χ3v) is 5.77. The summed E-state index contributed by atoms with van der Waals surface area (Å²) in [5, 5.41) is 4.04. The van der Waals surface area contributed by atoms with Gasteiger partial charge in [0.15, 0.2) is 5.82 Å². The van der Waals surface area contributed by atoms with Crippen molar-refractivity contribution in [2.75, 3.05) is 23.9 Å². The van der Waals surface area contributed by atoms with E-state index in [1.165, 1.54) is 6.07 Å². The molecule has 0 saturated heterocycles. The van der Waals surface area contributed by atoms with Gasteiger partial charge in [0.1, 0.15) is 0 Å². The summed E-state index contributed by atoms with van der Waals surface area (Å²) in [4.78, 5) is 4.29. The first-order chi connectivity index (χ1) is 10.1. The van der Waals surface area contributed by atoms with E-state index in [0.29, 0.717) is 23.4 Å². The van der Waals surface area contributed by atoms with Crippen molar-refractivity contribution in [1.82, 2.24) is 4.98 Å². The molecule has 3 N–H and O–H groups in total. The van der Waals surface area contributed by atoms with Crippen LogP contribution in [-0.2, 0) is 0 Å². The molecule has 0 fully saturated rings. The van der Waals surface area contributed by atoms with E-state index in [-0.39, 0.29) is 10.6 Å². The number of nitrogens with two attached hydrogens (primary N) is 1. The fourth-order valence-corrected chi connectivity index (χ4v) is 3.31. The first kappa shape index (κ1) is 15.9. The highest BCUT2D eigenvalue weighted by atomic mass is 32.2. The van der Waals surface area contributed by atoms with Crippen molar-refractivity contribution in [2.24, 2.45) is 0 Å². The molecule has 5 heteroatoms. The smallest absolute Gasteiger partial charge is 0.150 e. The van der Waals surface area contributed by atoms with Crippen molar-refractivity contribution in [3.8, 4) is 0 Å². The van der Waals surface area contributed by atoms with E-state index < -0.39 is 0 Å². The number of thioether (sulfide) groups is 1. The van der Waals surface area contributed by atoms with Crippen LogP contribution in [0.25, 0.3) is 10.9 Å². The number of aromatic nitrogens is 1. The van der Waals surface area contributed by atoms with E-state index in [9.17, 15) is 4.39 Å². The molecular weight excluding hydrogens is 285 g/mol. The molecule has 0 bridgehead atoms. The Morgan fingerprint density at radius 2 is 2.10 bits per heavy atom. The Hall–Kier alpha value is -1.49. The molecule has 0 unspecified atom stereocenters. The molecule has 0 amide bonds. The van der Waals surface area contributed by atoms with Crippen molar-refractivity contribution in [3.05, 3.63) is 30.2 Å². The van der Waals surface area contributed by atoms with Gasteiger partial charge in [-0.15, -0.1) is 0 Å². The highest BCUT2D eigenvalue weighted by molar-refractivity contribution is 8.00.